The molecule has 0 aliphatic carbocycles. The molecule has 3 rings (SSSR count). The van der Waals surface area contributed by atoms with E-state index in [9.17, 15) is 32.5 Å². The Balaban J connectivity index is 1.89. The van der Waals surface area contributed by atoms with Gasteiger partial charge in [-0.05, 0) is 13.8 Å². The molecule has 35 heavy (non-hydrogen) atoms. The summed E-state index contributed by atoms with van der Waals surface area (Å²) >= 11 is 0.957. The highest BCUT2D eigenvalue weighted by Gasteiger charge is 2.54. The molecule has 2 aromatic heterocycles. The predicted octanol–water partition coefficient (Wildman–Crippen LogP) is -2.44. The number of nitrogen functional groups attached to an aromatic ring is 1. The summed E-state index contributed by atoms with van der Waals surface area (Å²) in [6.07, 6.45) is 1.23. The van der Waals surface area contributed by atoms with Crippen LogP contribution in [0.4, 0.5) is 5.13 Å². The van der Waals surface area contributed by atoms with Crippen LogP contribution in [0.25, 0.3) is 0 Å². The van der Waals surface area contributed by atoms with Gasteiger partial charge in [0.05, 0.1) is 19.1 Å². The number of nitrogens with two attached hydrogens (primary N) is 2. The number of amides is 2. The van der Waals surface area contributed by atoms with Gasteiger partial charge in [0.25, 0.3) is 11.8 Å². The minimum absolute atomic E-state index is 0.00205. The minimum Gasteiger partial charge on any atom is -0.478 e. The van der Waals surface area contributed by atoms with Crippen molar-refractivity contribution >= 4 is 50.3 Å². The van der Waals surface area contributed by atoms with Gasteiger partial charge in [0.2, 0.25) is 5.60 Å². The van der Waals surface area contributed by atoms with Crippen LogP contribution in [-0.4, -0.2) is 83.3 Å². The zero-order chi connectivity index (χ0) is 26.1. The largest absolute Gasteiger partial charge is 0.478 e. The van der Waals surface area contributed by atoms with E-state index in [2.05, 4.69) is 25.5 Å². The van der Waals surface area contributed by atoms with Crippen LogP contribution in [-0.2, 0) is 42.6 Å². The molecule has 1 aliphatic rings. The van der Waals surface area contributed by atoms with Crippen LogP contribution < -0.4 is 16.8 Å². The molecule has 2 unspecified atom stereocenters. The maximum atomic E-state index is 13.0. The molecule has 17 nitrogen and oxygen atoms in total. The zero-order valence-corrected chi connectivity index (χ0v) is 19.9. The first-order chi connectivity index (χ1) is 16.2. The fourth-order valence-electron chi connectivity index (χ4n) is 2.86. The number of carbonyl (C=O) groups excluding carboxylic acids is 2. The fourth-order valence-corrected chi connectivity index (χ4v) is 4.28. The third-order valence-electron chi connectivity index (χ3n) is 4.70. The van der Waals surface area contributed by atoms with Gasteiger partial charge >= 0.3 is 16.3 Å². The van der Waals surface area contributed by atoms with E-state index in [0.717, 1.165) is 11.3 Å². The molecule has 0 spiro atoms. The first-order valence-corrected chi connectivity index (χ1v) is 11.9. The number of β-lactam (4-membered cyclic amide) rings is 1. The lowest BCUT2D eigenvalue weighted by atomic mass is 9.98. The summed E-state index contributed by atoms with van der Waals surface area (Å²) in [6, 6.07) is -2.73. The summed E-state index contributed by atoms with van der Waals surface area (Å²) in [6.45, 7) is 2.10. The number of carboxylic acids is 1. The van der Waals surface area contributed by atoms with E-state index in [1.54, 1.807) is 0 Å². The normalized spacial score (nSPS) is 18.8. The number of oxime groups is 1. The van der Waals surface area contributed by atoms with Crippen LogP contribution in [0.1, 0.15) is 25.4 Å². The number of aromatic nitrogens is 4. The number of thiazole rings is 1. The first kappa shape index (κ1) is 25.9. The summed E-state index contributed by atoms with van der Waals surface area (Å²) in [5.74, 6) is -3.31. The number of anilines is 1. The Bertz CT molecular complexity index is 1290. The molecule has 1 fully saturated rings. The summed E-state index contributed by atoms with van der Waals surface area (Å²) in [5, 5.41) is 20.5. The zero-order valence-electron chi connectivity index (χ0n) is 18.2. The summed E-state index contributed by atoms with van der Waals surface area (Å²) in [7, 11) is -4.96. The van der Waals surface area contributed by atoms with Crippen molar-refractivity contribution in [3.8, 4) is 0 Å². The number of rotatable bonds is 10. The van der Waals surface area contributed by atoms with Gasteiger partial charge < -0.3 is 26.7 Å². The second kappa shape index (κ2) is 9.52. The molecule has 0 radical (unpaired) electrons. The van der Waals surface area contributed by atoms with Gasteiger partial charge in [0.1, 0.15) is 18.1 Å². The number of aliphatic carboxylic acids is 1. The van der Waals surface area contributed by atoms with Gasteiger partial charge in [-0.15, -0.1) is 11.3 Å². The summed E-state index contributed by atoms with van der Waals surface area (Å²) in [4.78, 5) is 49.6. The third kappa shape index (κ3) is 5.53. The molecular formula is C16H21N9O8S2. The molecule has 190 valence electrons. The molecule has 1 saturated heterocycles. The van der Waals surface area contributed by atoms with Gasteiger partial charge in [-0.1, -0.05) is 5.16 Å². The molecule has 0 bridgehead atoms. The number of hydrogen-bond donors (Lipinski definition) is 5. The Morgan fingerprint density at radius 1 is 1.40 bits per heavy atom. The number of nitrogens with zero attached hydrogens (tertiary/aromatic N) is 6. The molecule has 2 atom stereocenters. The molecule has 0 saturated carbocycles. The highest BCUT2D eigenvalue weighted by molar-refractivity contribution is 7.84. The molecule has 1 aliphatic heterocycles. The maximum absolute atomic E-state index is 13.0. The van der Waals surface area contributed by atoms with Crippen LogP contribution in [0.3, 0.4) is 0 Å². The monoisotopic (exact) mass is 531 g/mol. The van der Waals surface area contributed by atoms with Gasteiger partial charge in [-0.3, -0.25) is 18.8 Å². The second-order valence-electron chi connectivity index (χ2n) is 7.63. The highest BCUT2D eigenvalue weighted by Crippen LogP contribution is 2.25. The van der Waals surface area contributed by atoms with Crippen molar-refractivity contribution in [3.63, 3.8) is 0 Å². The molecule has 2 amide bonds. The van der Waals surface area contributed by atoms with Gasteiger partial charge in [0, 0.05) is 5.38 Å². The van der Waals surface area contributed by atoms with Crippen LogP contribution in [0.2, 0.25) is 0 Å². The second-order valence-corrected chi connectivity index (χ2v) is 9.81. The molecular weight excluding hydrogens is 510 g/mol. The molecule has 7 N–H and O–H groups in total. The van der Waals surface area contributed by atoms with E-state index in [0.29, 0.717) is 0 Å². The van der Waals surface area contributed by atoms with Gasteiger partial charge in [-0.2, -0.15) is 13.5 Å². The molecule has 19 heteroatoms. The fraction of sp³-hybridized carbons (Fsp3) is 0.438. The Hall–Kier alpha value is -3.68. The number of hydrogen-bond acceptors (Lipinski definition) is 13. The quantitative estimate of drug-likeness (QED) is 0.0924. The summed E-state index contributed by atoms with van der Waals surface area (Å²) in [5.41, 5.74) is 8.63. The van der Waals surface area contributed by atoms with Crippen LogP contribution in [0.5, 0.6) is 0 Å². The standard InChI is InChI=1S/C16H21N9O8S2/c1-16(2,14(28)29)33-23-10(7-5-34-15(18)20-7)12(26)21-11-8(25(13(11)27)35(30,31)32)4-24-6-19-9(3-17)22-24/h5-6,8,11H,3-4,17H2,1-2H3,(H2,18,20)(H,21,26)(H,28,29)(H,30,31,32)/b23-10-. The average Bonchev–Trinajstić information content (AvgIpc) is 3.39. The molecule has 2 aromatic rings. The van der Waals surface area contributed by atoms with Crippen molar-refractivity contribution in [2.24, 2.45) is 10.9 Å². The van der Waals surface area contributed by atoms with Crippen molar-refractivity contribution in [2.45, 2.75) is 44.6 Å². The lowest BCUT2D eigenvalue weighted by Gasteiger charge is -2.43. The average molecular weight is 532 g/mol. The van der Waals surface area contributed by atoms with Crippen LogP contribution in [0.15, 0.2) is 16.9 Å². The van der Waals surface area contributed by atoms with Gasteiger partial charge in [0.15, 0.2) is 16.7 Å². The minimum atomic E-state index is -4.96. The van der Waals surface area contributed by atoms with Crippen LogP contribution >= 0.6 is 11.3 Å². The summed E-state index contributed by atoms with van der Waals surface area (Å²) < 4.78 is 34.2. The number of carboxylic acid groups (broad SMARTS) is 1. The van der Waals surface area contributed by atoms with E-state index in [1.165, 1.54) is 30.2 Å². The van der Waals surface area contributed by atoms with Crippen molar-refractivity contribution in [2.75, 3.05) is 5.73 Å². The topological polar surface area (TPSA) is 258 Å². The number of carbonyl (C=O) groups is 3. The predicted molar refractivity (Wildman–Crippen MR) is 118 cm³/mol. The van der Waals surface area contributed by atoms with Crippen molar-refractivity contribution in [1.82, 2.24) is 29.4 Å². The van der Waals surface area contributed by atoms with Crippen molar-refractivity contribution < 1.29 is 37.3 Å². The highest BCUT2D eigenvalue weighted by atomic mass is 32.2. The van der Waals surface area contributed by atoms with Crippen molar-refractivity contribution in [1.29, 1.82) is 0 Å². The van der Waals surface area contributed by atoms with Crippen molar-refractivity contribution in [3.05, 3.63) is 23.2 Å². The third-order valence-corrected chi connectivity index (χ3v) is 6.33. The Labute approximate surface area is 201 Å². The van der Waals surface area contributed by atoms with E-state index >= 15 is 0 Å². The first-order valence-electron chi connectivity index (χ1n) is 9.65. The van der Waals surface area contributed by atoms with E-state index < -0.39 is 51.5 Å². The Morgan fingerprint density at radius 3 is 2.60 bits per heavy atom. The van der Waals surface area contributed by atoms with Crippen LogP contribution in [0, 0.1) is 0 Å². The maximum Gasteiger partial charge on any atom is 0.362 e. The van der Waals surface area contributed by atoms with E-state index in [4.69, 9.17) is 16.3 Å². The van der Waals surface area contributed by atoms with E-state index in [1.807, 2.05) is 0 Å². The smallest absolute Gasteiger partial charge is 0.362 e. The molecule has 0 aromatic carbocycles. The SMILES string of the molecule is CC(C)(O/N=C(\C(=O)NC1C(=O)N(S(=O)(=O)O)C1Cn1cnc(CN)n1)c1csc(N)n1)C(=O)O. The van der Waals surface area contributed by atoms with Gasteiger partial charge in [-0.25, -0.2) is 19.1 Å². The lowest BCUT2D eigenvalue weighted by molar-refractivity contribution is -0.161. The Morgan fingerprint density at radius 2 is 2.09 bits per heavy atom. The Kier molecular flexibility index (Phi) is 7.06. The van der Waals surface area contributed by atoms with E-state index in [-0.39, 0.29) is 34.0 Å². The molecule has 3 heterocycles. The lowest BCUT2D eigenvalue weighted by Crippen LogP contribution is -2.73. The number of nitrogens with one attached hydrogen (secondary N) is 1.